The molecule has 41 heavy (non-hydrogen) atoms. The highest BCUT2D eigenvalue weighted by Gasteiger charge is 2.41. The van der Waals surface area contributed by atoms with Crippen LogP contribution in [0.5, 0.6) is 0 Å². The first-order valence-electron chi connectivity index (χ1n) is 18.0. The highest BCUT2D eigenvalue weighted by atomic mass is 28.3. The van der Waals surface area contributed by atoms with Crippen molar-refractivity contribution in [2.24, 2.45) is 0 Å². The minimum absolute atomic E-state index is 0.0602. The van der Waals surface area contributed by atoms with Gasteiger partial charge in [0.25, 0.3) is 0 Å². The second kappa shape index (κ2) is 21.9. The van der Waals surface area contributed by atoms with Gasteiger partial charge in [0.2, 0.25) is 0 Å². The minimum Gasteiger partial charge on any atom is -0.397 e. The van der Waals surface area contributed by atoms with Crippen LogP contribution in [0.25, 0.3) is 0 Å². The molecule has 0 spiro atoms. The Kier molecular flexibility index (Phi) is 22.1. The van der Waals surface area contributed by atoms with Crippen molar-refractivity contribution in [3.63, 3.8) is 0 Å². The molecule has 0 heterocycles. The monoisotopic (exact) mass is 615 g/mol. The van der Waals surface area contributed by atoms with Crippen LogP contribution in [-0.2, 0) is 4.74 Å². The van der Waals surface area contributed by atoms with Gasteiger partial charge in [0, 0.05) is 24.7 Å². The molecule has 0 aliphatic carbocycles. The lowest BCUT2D eigenvalue weighted by Crippen LogP contribution is -2.49. The number of aliphatic hydroxyl groups excluding tert-OH is 2. The summed E-state index contributed by atoms with van der Waals surface area (Å²) >= 11 is 0. The summed E-state index contributed by atoms with van der Waals surface area (Å²) in [6.07, 6.45) is 25.6. The zero-order valence-electron chi connectivity index (χ0n) is 30.0. The van der Waals surface area contributed by atoms with E-state index in [1.165, 1.54) is 116 Å². The van der Waals surface area contributed by atoms with E-state index < -0.39 is 16.1 Å². The van der Waals surface area contributed by atoms with Gasteiger partial charge in [0.05, 0.1) is 16.1 Å². The Bertz CT molecular complexity index is 555. The van der Waals surface area contributed by atoms with Crippen LogP contribution in [-0.4, -0.2) is 51.0 Å². The number of unbranched alkanes of at least 4 members (excludes halogenated alkanes) is 16. The van der Waals surface area contributed by atoms with Gasteiger partial charge in [-0.05, 0) is 35.8 Å². The quantitative estimate of drug-likeness (QED) is 0.0752. The summed E-state index contributed by atoms with van der Waals surface area (Å²) < 4.78 is 5.87. The summed E-state index contributed by atoms with van der Waals surface area (Å²) in [4.78, 5) is 0. The zero-order chi connectivity index (χ0) is 31.4. The van der Waals surface area contributed by atoms with Crippen LogP contribution in [0.15, 0.2) is 0 Å². The molecular weight excluding hydrogens is 537 g/mol. The third kappa shape index (κ3) is 18.7. The van der Waals surface area contributed by atoms with Crippen LogP contribution >= 0.6 is 0 Å². The van der Waals surface area contributed by atoms with Crippen LogP contribution < -0.4 is 0 Å². The van der Waals surface area contributed by atoms with Crippen molar-refractivity contribution in [1.82, 2.24) is 0 Å². The summed E-state index contributed by atoms with van der Waals surface area (Å²) in [6.45, 7) is 25.1. The molecule has 5 heteroatoms. The van der Waals surface area contributed by atoms with Crippen LogP contribution in [0.4, 0.5) is 0 Å². The van der Waals surface area contributed by atoms with Crippen LogP contribution in [0, 0.1) is 0 Å². The molecule has 2 unspecified atom stereocenters. The lowest BCUT2D eigenvalue weighted by molar-refractivity contribution is 0.125. The normalized spacial score (nSPS) is 14.9. The fourth-order valence-corrected chi connectivity index (χ4v) is 9.23. The average Bonchev–Trinajstić information content (AvgIpc) is 2.87. The maximum atomic E-state index is 10.7. The van der Waals surface area contributed by atoms with E-state index >= 15 is 0 Å². The maximum Gasteiger partial charge on any atom is 0.0864 e. The van der Waals surface area contributed by atoms with Crippen LogP contribution in [0.2, 0.25) is 36.3 Å². The summed E-state index contributed by atoms with van der Waals surface area (Å²) in [5, 5.41) is 21.9. The van der Waals surface area contributed by atoms with E-state index in [4.69, 9.17) is 4.74 Å². The van der Waals surface area contributed by atoms with E-state index in [0.29, 0.717) is 0 Å². The molecule has 0 aromatic heterocycles. The largest absolute Gasteiger partial charge is 0.397 e. The first-order chi connectivity index (χ1) is 19.0. The fraction of sp³-hybridized carbons (Fsp3) is 1.00. The molecule has 0 bridgehead atoms. The molecule has 0 aliphatic rings. The SMILES string of the molecule is CC(C)(C)[Si](C)(C)C(O)CCCCCCCCCCCOCCCCCCCCCCCC(O)[Si](C)(C)C(C)(C)C. The second-order valence-corrected chi connectivity index (χ2v) is 27.7. The molecule has 0 aromatic rings. The molecule has 0 saturated heterocycles. The van der Waals surface area contributed by atoms with E-state index in [1.807, 2.05) is 0 Å². The van der Waals surface area contributed by atoms with Crippen molar-refractivity contribution in [3.05, 3.63) is 0 Å². The third-order valence-corrected chi connectivity index (χ3v) is 22.7. The van der Waals surface area contributed by atoms with Crippen LogP contribution in [0.3, 0.4) is 0 Å². The minimum atomic E-state index is -1.60. The first kappa shape index (κ1) is 41.3. The lowest BCUT2D eigenvalue weighted by atomic mass is 10.1. The Morgan fingerprint density at radius 2 is 0.634 bits per heavy atom. The summed E-state index contributed by atoms with van der Waals surface area (Å²) in [7, 11) is -3.19. The van der Waals surface area contributed by atoms with Gasteiger partial charge >= 0.3 is 0 Å². The van der Waals surface area contributed by atoms with Crippen molar-refractivity contribution in [1.29, 1.82) is 0 Å². The van der Waals surface area contributed by atoms with E-state index in [1.54, 1.807) is 0 Å². The Morgan fingerprint density at radius 1 is 0.415 bits per heavy atom. The van der Waals surface area contributed by atoms with Gasteiger partial charge in [-0.15, -0.1) is 0 Å². The molecule has 0 amide bonds. The highest BCUT2D eigenvalue weighted by molar-refractivity contribution is 6.81. The van der Waals surface area contributed by atoms with E-state index in [9.17, 15) is 10.2 Å². The zero-order valence-corrected chi connectivity index (χ0v) is 32.0. The van der Waals surface area contributed by atoms with Gasteiger partial charge in [-0.2, -0.15) is 0 Å². The molecule has 248 valence electrons. The van der Waals surface area contributed by atoms with E-state index in [2.05, 4.69) is 67.7 Å². The fourth-order valence-electron chi connectivity index (χ4n) is 5.38. The lowest BCUT2D eigenvalue weighted by Gasteiger charge is -2.40. The first-order valence-corrected chi connectivity index (χ1v) is 24.1. The summed E-state index contributed by atoms with van der Waals surface area (Å²) in [5.74, 6) is 0. The van der Waals surface area contributed by atoms with Crippen LogP contribution in [0.1, 0.15) is 170 Å². The summed E-state index contributed by atoms with van der Waals surface area (Å²) in [6, 6.07) is 0. The molecule has 2 N–H and O–H groups in total. The third-order valence-electron chi connectivity index (χ3n) is 11.1. The van der Waals surface area contributed by atoms with Gasteiger partial charge in [-0.1, -0.05) is 170 Å². The van der Waals surface area contributed by atoms with Crippen molar-refractivity contribution in [2.75, 3.05) is 13.2 Å². The van der Waals surface area contributed by atoms with Gasteiger partial charge in [-0.25, -0.2) is 0 Å². The molecule has 3 nitrogen and oxygen atoms in total. The number of hydrogen-bond donors (Lipinski definition) is 2. The second-order valence-electron chi connectivity index (χ2n) is 16.5. The predicted octanol–water partition coefficient (Wildman–Crippen LogP) is 11.6. The summed E-state index contributed by atoms with van der Waals surface area (Å²) in [5.41, 5.74) is -0.120. The van der Waals surface area contributed by atoms with E-state index in [0.717, 1.165) is 26.1 Å². The van der Waals surface area contributed by atoms with Crippen molar-refractivity contribution in [3.8, 4) is 0 Å². The topological polar surface area (TPSA) is 49.7 Å². The van der Waals surface area contributed by atoms with Crippen molar-refractivity contribution in [2.45, 2.75) is 218 Å². The molecular formula is C36H78O3Si2. The van der Waals surface area contributed by atoms with Crippen molar-refractivity contribution >= 4 is 16.1 Å². The Balaban J connectivity index is 3.36. The van der Waals surface area contributed by atoms with Gasteiger partial charge in [0.15, 0.2) is 0 Å². The molecule has 0 aliphatic heterocycles. The molecule has 0 fully saturated rings. The smallest absolute Gasteiger partial charge is 0.0864 e. The Hall–Kier alpha value is 0.314. The molecule has 2 atom stereocenters. The number of hydrogen-bond acceptors (Lipinski definition) is 3. The molecule has 0 saturated carbocycles. The average molecular weight is 615 g/mol. The number of rotatable bonds is 26. The van der Waals surface area contributed by atoms with Gasteiger partial charge in [-0.3, -0.25) is 0 Å². The predicted molar refractivity (Wildman–Crippen MR) is 190 cm³/mol. The standard InChI is InChI=1S/C36H78O3Si2/c1-35(2,3)40(7,8)33(37)29-25-21-17-13-11-15-19-23-27-31-39-32-28-24-20-16-12-14-18-22-26-30-34(38)41(9,10)36(4,5)6/h33-34,37-38H,11-32H2,1-10H3. The Labute approximate surface area is 261 Å². The molecule has 0 rings (SSSR count). The number of aliphatic hydroxyl groups is 2. The van der Waals surface area contributed by atoms with E-state index in [-0.39, 0.29) is 21.5 Å². The Morgan fingerprint density at radius 3 is 0.878 bits per heavy atom. The highest BCUT2D eigenvalue weighted by Crippen LogP contribution is 2.40. The van der Waals surface area contributed by atoms with Gasteiger partial charge in [0.1, 0.15) is 0 Å². The molecule has 0 aromatic carbocycles. The number of ether oxygens (including phenoxy) is 1. The molecule has 0 radical (unpaired) electrons. The van der Waals surface area contributed by atoms with Gasteiger partial charge < -0.3 is 14.9 Å². The maximum absolute atomic E-state index is 10.7. The van der Waals surface area contributed by atoms with Crippen molar-refractivity contribution < 1.29 is 14.9 Å².